The Bertz CT molecular complexity index is 1130. The van der Waals surface area contributed by atoms with Crippen LogP contribution in [-0.2, 0) is 16.6 Å². The van der Waals surface area contributed by atoms with Crippen LogP contribution in [0.2, 0.25) is 0 Å². The minimum atomic E-state index is -3.61. The first-order valence-corrected chi connectivity index (χ1v) is 11.3. The van der Waals surface area contributed by atoms with Gasteiger partial charge in [-0.1, -0.05) is 18.2 Å². The Labute approximate surface area is 176 Å². The number of piperazine rings is 1. The molecule has 30 heavy (non-hydrogen) atoms. The maximum absolute atomic E-state index is 13.1. The average Bonchev–Trinajstić information content (AvgIpc) is 3.09. The first-order chi connectivity index (χ1) is 14.3. The lowest BCUT2D eigenvalue weighted by atomic mass is 10.1. The molecule has 0 bridgehead atoms. The molecule has 0 amide bonds. The summed E-state index contributed by atoms with van der Waals surface area (Å²) in [6.45, 7) is 6.46. The highest BCUT2D eigenvalue weighted by Gasteiger charge is 2.29. The molecule has 6 nitrogen and oxygen atoms in total. The molecular formula is C22H24FN3O3S. The topological polar surface area (TPSA) is 66.7 Å². The van der Waals surface area contributed by atoms with Crippen molar-refractivity contribution in [3.63, 3.8) is 0 Å². The molecule has 0 N–H and O–H groups in total. The third kappa shape index (κ3) is 4.16. The number of aryl methyl sites for hydroxylation is 2. The van der Waals surface area contributed by atoms with Gasteiger partial charge in [-0.25, -0.2) is 17.8 Å². The van der Waals surface area contributed by atoms with E-state index in [1.807, 2.05) is 38.1 Å². The minimum Gasteiger partial charge on any atom is -0.441 e. The van der Waals surface area contributed by atoms with Crippen molar-refractivity contribution in [1.82, 2.24) is 14.2 Å². The monoisotopic (exact) mass is 429 g/mol. The van der Waals surface area contributed by atoms with Gasteiger partial charge in [0.1, 0.15) is 11.6 Å². The Morgan fingerprint density at radius 3 is 2.33 bits per heavy atom. The van der Waals surface area contributed by atoms with E-state index in [4.69, 9.17) is 4.42 Å². The fourth-order valence-corrected chi connectivity index (χ4v) is 5.02. The number of hydrogen-bond acceptors (Lipinski definition) is 5. The third-order valence-electron chi connectivity index (χ3n) is 5.42. The molecule has 2 heterocycles. The van der Waals surface area contributed by atoms with Gasteiger partial charge in [0.15, 0.2) is 0 Å². The maximum Gasteiger partial charge on any atom is 0.243 e. The highest BCUT2D eigenvalue weighted by molar-refractivity contribution is 7.89. The summed E-state index contributed by atoms with van der Waals surface area (Å²) in [5, 5.41) is 0. The number of nitrogens with zero attached hydrogens (tertiary/aromatic N) is 3. The Balaban J connectivity index is 1.42. The smallest absolute Gasteiger partial charge is 0.243 e. The summed E-state index contributed by atoms with van der Waals surface area (Å²) in [5.41, 5.74) is 2.94. The van der Waals surface area contributed by atoms with Crippen LogP contribution in [0.1, 0.15) is 17.0 Å². The van der Waals surface area contributed by atoms with Crippen molar-refractivity contribution in [3.8, 4) is 11.5 Å². The van der Waals surface area contributed by atoms with Crippen LogP contribution < -0.4 is 0 Å². The van der Waals surface area contributed by atoms with Crippen LogP contribution in [0, 0.1) is 19.7 Å². The van der Waals surface area contributed by atoms with Gasteiger partial charge in [-0.2, -0.15) is 4.31 Å². The maximum atomic E-state index is 13.1. The van der Waals surface area contributed by atoms with E-state index in [0.717, 1.165) is 22.6 Å². The van der Waals surface area contributed by atoms with Crippen LogP contribution in [0.5, 0.6) is 0 Å². The molecule has 8 heteroatoms. The van der Waals surface area contributed by atoms with Crippen LogP contribution >= 0.6 is 0 Å². The first kappa shape index (κ1) is 20.7. The van der Waals surface area contributed by atoms with Crippen molar-refractivity contribution in [2.45, 2.75) is 25.3 Å². The van der Waals surface area contributed by atoms with Gasteiger partial charge in [-0.3, -0.25) is 4.90 Å². The zero-order valence-electron chi connectivity index (χ0n) is 17.0. The molecule has 0 radical (unpaired) electrons. The van der Waals surface area contributed by atoms with E-state index in [0.29, 0.717) is 38.6 Å². The highest BCUT2D eigenvalue weighted by Crippen LogP contribution is 2.26. The van der Waals surface area contributed by atoms with Gasteiger partial charge in [0, 0.05) is 38.3 Å². The van der Waals surface area contributed by atoms with Gasteiger partial charge >= 0.3 is 0 Å². The fraction of sp³-hybridized carbons (Fsp3) is 0.318. The predicted octanol–water partition coefficient (Wildman–Crippen LogP) is 3.60. The van der Waals surface area contributed by atoms with Crippen molar-refractivity contribution >= 4 is 10.0 Å². The van der Waals surface area contributed by atoms with E-state index in [2.05, 4.69) is 9.88 Å². The van der Waals surface area contributed by atoms with E-state index in [1.165, 1.54) is 28.6 Å². The number of aromatic nitrogens is 1. The molecule has 1 saturated heterocycles. The van der Waals surface area contributed by atoms with Gasteiger partial charge < -0.3 is 4.42 Å². The number of rotatable bonds is 5. The summed E-state index contributed by atoms with van der Waals surface area (Å²) in [6, 6.07) is 12.9. The van der Waals surface area contributed by atoms with E-state index < -0.39 is 15.8 Å². The molecule has 0 atom stereocenters. The molecule has 158 valence electrons. The molecule has 4 rings (SSSR count). The highest BCUT2D eigenvalue weighted by atomic mass is 32.2. The number of benzene rings is 2. The van der Waals surface area contributed by atoms with E-state index in [1.54, 1.807) is 0 Å². The van der Waals surface area contributed by atoms with Crippen LogP contribution in [0.25, 0.3) is 11.5 Å². The summed E-state index contributed by atoms with van der Waals surface area (Å²) in [6.07, 6.45) is 0. The van der Waals surface area contributed by atoms with E-state index in [-0.39, 0.29) is 4.90 Å². The number of oxazole rings is 1. The summed E-state index contributed by atoms with van der Waals surface area (Å²) >= 11 is 0. The molecule has 1 aliphatic rings. The summed E-state index contributed by atoms with van der Waals surface area (Å²) in [7, 11) is -3.61. The molecule has 0 spiro atoms. The van der Waals surface area contributed by atoms with Crippen molar-refractivity contribution in [3.05, 3.63) is 71.4 Å². The van der Waals surface area contributed by atoms with Gasteiger partial charge in [-0.15, -0.1) is 0 Å². The SMILES string of the molecule is Cc1ccccc1-c1nc(CN2CCN(S(=O)(=O)c3ccc(F)cc3)CC2)c(C)o1. The Kier molecular flexibility index (Phi) is 5.73. The molecular weight excluding hydrogens is 405 g/mol. The van der Waals surface area contributed by atoms with Crippen molar-refractivity contribution < 1.29 is 17.2 Å². The Morgan fingerprint density at radius 2 is 1.67 bits per heavy atom. The number of halogens is 1. The molecule has 2 aromatic carbocycles. The van der Waals surface area contributed by atoms with Gasteiger partial charge in [-0.05, 0) is 49.7 Å². The minimum absolute atomic E-state index is 0.118. The lowest BCUT2D eigenvalue weighted by molar-refractivity contribution is 0.179. The lowest BCUT2D eigenvalue weighted by Crippen LogP contribution is -2.48. The van der Waals surface area contributed by atoms with Crippen LogP contribution in [0.3, 0.4) is 0 Å². The summed E-state index contributed by atoms with van der Waals surface area (Å²) in [4.78, 5) is 6.97. The normalized spacial score (nSPS) is 16.1. The van der Waals surface area contributed by atoms with E-state index >= 15 is 0 Å². The second-order valence-corrected chi connectivity index (χ2v) is 9.41. The average molecular weight is 430 g/mol. The quantitative estimate of drug-likeness (QED) is 0.620. The molecule has 0 unspecified atom stereocenters. The second kappa shape index (κ2) is 8.29. The van der Waals surface area contributed by atoms with Gasteiger partial charge in [0.25, 0.3) is 0 Å². The predicted molar refractivity (Wildman–Crippen MR) is 112 cm³/mol. The number of hydrogen-bond donors (Lipinski definition) is 0. The molecule has 0 saturated carbocycles. The Morgan fingerprint density at radius 1 is 1.00 bits per heavy atom. The van der Waals surface area contributed by atoms with Gasteiger partial charge in [0.2, 0.25) is 15.9 Å². The lowest BCUT2D eigenvalue weighted by Gasteiger charge is -2.33. The summed E-state index contributed by atoms with van der Waals surface area (Å²) in [5.74, 6) is 0.930. The van der Waals surface area contributed by atoms with E-state index in [9.17, 15) is 12.8 Å². The fourth-order valence-electron chi connectivity index (χ4n) is 3.60. The standard InChI is InChI=1S/C22H24FN3O3S/c1-16-5-3-4-6-20(16)22-24-21(17(2)29-22)15-25-11-13-26(14-12-25)30(27,28)19-9-7-18(23)8-10-19/h3-10H,11-15H2,1-2H3. The van der Waals surface area contributed by atoms with Crippen molar-refractivity contribution in [2.24, 2.45) is 0 Å². The third-order valence-corrected chi connectivity index (χ3v) is 7.34. The zero-order valence-corrected chi connectivity index (χ0v) is 17.8. The first-order valence-electron chi connectivity index (χ1n) is 9.85. The molecule has 3 aromatic rings. The van der Waals surface area contributed by atoms with Crippen molar-refractivity contribution in [2.75, 3.05) is 26.2 Å². The van der Waals surface area contributed by atoms with Crippen LogP contribution in [0.4, 0.5) is 4.39 Å². The second-order valence-electron chi connectivity index (χ2n) is 7.47. The van der Waals surface area contributed by atoms with Crippen LogP contribution in [-0.4, -0.2) is 48.8 Å². The molecule has 0 aliphatic carbocycles. The number of sulfonamides is 1. The largest absolute Gasteiger partial charge is 0.441 e. The molecule has 1 aromatic heterocycles. The molecule has 1 aliphatic heterocycles. The Hall–Kier alpha value is -2.55. The van der Waals surface area contributed by atoms with Crippen LogP contribution in [0.15, 0.2) is 57.8 Å². The zero-order chi connectivity index (χ0) is 21.3. The van der Waals surface area contributed by atoms with Crippen molar-refractivity contribution in [1.29, 1.82) is 0 Å². The van der Waals surface area contributed by atoms with Gasteiger partial charge in [0.05, 0.1) is 10.6 Å². The molecule has 1 fully saturated rings. The summed E-state index contributed by atoms with van der Waals surface area (Å²) < 4.78 is 46.0.